The summed E-state index contributed by atoms with van der Waals surface area (Å²) in [6, 6.07) is 3.57. The van der Waals surface area contributed by atoms with Crippen LogP contribution in [0.15, 0.2) is 30.9 Å². The first-order valence-electron chi connectivity index (χ1n) is 5.64. The Labute approximate surface area is 126 Å². The molecule has 0 fully saturated rings. The van der Waals surface area contributed by atoms with Gasteiger partial charge in [0.15, 0.2) is 0 Å². The Bertz CT molecular complexity index is 499. The maximum Gasteiger partial charge on any atom is 0.408 e. The molecule has 1 unspecified atom stereocenters. The molecular weight excluding hydrogens is 305 g/mol. The molecule has 1 atom stereocenters. The van der Waals surface area contributed by atoms with Crippen LogP contribution in [0, 0.1) is 0 Å². The van der Waals surface area contributed by atoms with Crippen LogP contribution in [0.4, 0.5) is 4.79 Å². The number of carbonyl (C=O) groups excluding carboxylic acids is 1. The average molecular weight is 318 g/mol. The first-order chi connectivity index (χ1) is 9.42. The van der Waals surface area contributed by atoms with Gasteiger partial charge in [-0.05, 0) is 23.8 Å². The van der Waals surface area contributed by atoms with Crippen molar-refractivity contribution in [3.63, 3.8) is 0 Å². The minimum atomic E-state index is -1.18. The molecule has 0 saturated carbocycles. The number of nitrogens with one attached hydrogen (secondary N) is 1. The molecule has 0 aliphatic carbocycles. The van der Waals surface area contributed by atoms with E-state index in [0.717, 1.165) is 0 Å². The second-order valence-electron chi connectivity index (χ2n) is 3.90. The lowest BCUT2D eigenvalue weighted by atomic mass is 10.1. The van der Waals surface area contributed by atoms with Crippen molar-refractivity contribution in [2.75, 3.05) is 6.61 Å². The van der Waals surface area contributed by atoms with Crippen molar-refractivity contribution in [2.45, 2.75) is 12.5 Å². The molecule has 0 aromatic heterocycles. The summed E-state index contributed by atoms with van der Waals surface area (Å²) in [6.45, 7) is 3.38. The zero-order valence-electron chi connectivity index (χ0n) is 10.4. The van der Waals surface area contributed by atoms with Gasteiger partial charge in [-0.25, -0.2) is 9.59 Å². The predicted octanol–water partition coefficient (Wildman–Crippen LogP) is 2.90. The van der Waals surface area contributed by atoms with Gasteiger partial charge in [-0.2, -0.15) is 0 Å². The summed E-state index contributed by atoms with van der Waals surface area (Å²) in [4.78, 5) is 22.5. The van der Waals surface area contributed by atoms with E-state index in [0.29, 0.717) is 15.6 Å². The molecule has 108 valence electrons. The number of rotatable bonds is 6. The maximum atomic E-state index is 11.3. The molecule has 0 aliphatic heterocycles. The average Bonchev–Trinajstić information content (AvgIpc) is 2.34. The fourth-order valence-electron chi connectivity index (χ4n) is 1.48. The van der Waals surface area contributed by atoms with Crippen LogP contribution in [0.1, 0.15) is 5.56 Å². The lowest BCUT2D eigenvalue weighted by Crippen LogP contribution is -2.42. The van der Waals surface area contributed by atoms with Gasteiger partial charge in [-0.3, -0.25) is 0 Å². The number of ether oxygens (including phenoxy) is 1. The highest BCUT2D eigenvalue weighted by molar-refractivity contribution is 6.34. The van der Waals surface area contributed by atoms with Gasteiger partial charge in [0, 0.05) is 16.5 Å². The Balaban J connectivity index is 2.74. The third-order valence-electron chi connectivity index (χ3n) is 2.28. The molecule has 1 amide bonds. The smallest absolute Gasteiger partial charge is 0.408 e. The molecule has 0 bridgehead atoms. The Morgan fingerprint density at radius 3 is 2.45 bits per heavy atom. The monoisotopic (exact) mass is 317 g/mol. The second kappa shape index (κ2) is 7.77. The quantitative estimate of drug-likeness (QED) is 0.791. The predicted molar refractivity (Wildman–Crippen MR) is 76.3 cm³/mol. The molecule has 1 aromatic carbocycles. The van der Waals surface area contributed by atoms with Crippen LogP contribution in [-0.2, 0) is 16.0 Å². The van der Waals surface area contributed by atoms with Crippen molar-refractivity contribution in [1.82, 2.24) is 5.32 Å². The molecule has 5 nitrogen and oxygen atoms in total. The van der Waals surface area contributed by atoms with E-state index in [2.05, 4.69) is 16.6 Å². The van der Waals surface area contributed by atoms with E-state index >= 15 is 0 Å². The van der Waals surface area contributed by atoms with Gasteiger partial charge < -0.3 is 15.2 Å². The van der Waals surface area contributed by atoms with Gasteiger partial charge in [0.05, 0.1) is 0 Å². The summed E-state index contributed by atoms with van der Waals surface area (Å²) >= 11 is 11.7. The summed E-state index contributed by atoms with van der Waals surface area (Å²) in [5.41, 5.74) is 0.596. The van der Waals surface area contributed by atoms with Crippen LogP contribution in [0.25, 0.3) is 0 Å². The number of amides is 1. The van der Waals surface area contributed by atoms with E-state index in [1.54, 1.807) is 12.1 Å². The number of alkyl carbamates (subject to hydrolysis) is 1. The van der Waals surface area contributed by atoms with Gasteiger partial charge >= 0.3 is 12.1 Å². The Morgan fingerprint density at radius 2 is 1.95 bits per heavy atom. The van der Waals surface area contributed by atoms with E-state index in [4.69, 9.17) is 28.3 Å². The number of benzene rings is 1. The normalized spacial score (nSPS) is 11.5. The molecule has 0 spiro atoms. The highest BCUT2D eigenvalue weighted by atomic mass is 35.5. The van der Waals surface area contributed by atoms with Gasteiger partial charge in [0.2, 0.25) is 0 Å². The van der Waals surface area contributed by atoms with Crippen molar-refractivity contribution >= 4 is 35.3 Å². The fourth-order valence-corrected chi connectivity index (χ4v) is 2.05. The largest absolute Gasteiger partial charge is 0.480 e. The summed E-state index contributed by atoms with van der Waals surface area (Å²) < 4.78 is 4.67. The molecule has 1 rings (SSSR count). The van der Waals surface area contributed by atoms with E-state index < -0.39 is 18.1 Å². The first kappa shape index (κ1) is 16.3. The molecule has 0 radical (unpaired) electrons. The fraction of sp³-hybridized carbons (Fsp3) is 0.231. The zero-order valence-corrected chi connectivity index (χ0v) is 11.9. The number of hydrogen-bond donors (Lipinski definition) is 2. The highest BCUT2D eigenvalue weighted by Crippen LogP contribution is 2.20. The van der Waals surface area contributed by atoms with E-state index in [1.165, 1.54) is 12.1 Å². The van der Waals surface area contributed by atoms with E-state index in [-0.39, 0.29) is 13.0 Å². The minimum absolute atomic E-state index is 0.00116. The molecule has 7 heteroatoms. The standard InChI is InChI=1S/C13H13Cl2NO4/c1-2-3-20-13(19)16-11(12(17)18)6-8-4-9(14)7-10(15)5-8/h2,4-5,7,11H,1,3,6H2,(H,16,19)(H,17,18). The number of hydrogen-bond acceptors (Lipinski definition) is 3. The second-order valence-corrected chi connectivity index (χ2v) is 4.78. The van der Waals surface area contributed by atoms with Crippen LogP contribution in [0.5, 0.6) is 0 Å². The van der Waals surface area contributed by atoms with Gasteiger partial charge in [-0.1, -0.05) is 35.9 Å². The van der Waals surface area contributed by atoms with Crippen molar-refractivity contribution < 1.29 is 19.4 Å². The van der Waals surface area contributed by atoms with Crippen LogP contribution in [0.2, 0.25) is 10.0 Å². The highest BCUT2D eigenvalue weighted by Gasteiger charge is 2.21. The zero-order chi connectivity index (χ0) is 15.1. The van der Waals surface area contributed by atoms with E-state index in [1.807, 2.05) is 0 Å². The molecule has 1 aromatic rings. The summed E-state index contributed by atoms with van der Waals surface area (Å²) in [6.07, 6.45) is 0.593. The van der Waals surface area contributed by atoms with Crippen molar-refractivity contribution in [3.05, 3.63) is 46.5 Å². The van der Waals surface area contributed by atoms with Gasteiger partial charge in [0.25, 0.3) is 0 Å². The topological polar surface area (TPSA) is 75.6 Å². The molecule has 2 N–H and O–H groups in total. The van der Waals surface area contributed by atoms with Crippen LogP contribution in [0.3, 0.4) is 0 Å². The number of halogens is 2. The molecule has 0 heterocycles. The third-order valence-corrected chi connectivity index (χ3v) is 2.72. The van der Waals surface area contributed by atoms with Crippen LogP contribution in [-0.4, -0.2) is 29.8 Å². The molecular formula is C13H13Cl2NO4. The number of carboxylic acids is 1. The Morgan fingerprint density at radius 1 is 1.35 bits per heavy atom. The lowest BCUT2D eigenvalue weighted by molar-refractivity contribution is -0.139. The number of carbonyl (C=O) groups is 2. The summed E-state index contributed by atoms with van der Waals surface area (Å²) in [5.74, 6) is -1.18. The minimum Gasteiger partial charge on any atom is -0.480 e. The van der Waals surface area contributed by atoms with Gasteiger partial charge in [-0.15, -0.1) is 0 Å². The van der Waals surface area contributed by atoms with Crippen LogP contribution >= 0.6 is 23.2 Å². The maximum absolute atomic E-state index is 11.3. The number of carboxylic acid groups (broad SMARTS) is 1. The molecule has 20 heavy (non-hydrogen) atoms. The Hall–Kier alpha value is -1.72. The lowest BCUT2D eigenvalue weighted by Gasteiger charge is -2.14. The van der Waals surface area contributed by atoms with Crippen LogP contribution < -0.4 is 5.32 Å². The molecule has 0 aliphatic rings. The Kier molecular flexibility index (Phi) is 6.35. The first-order valence-corrected chi connectivity index (χ1v) is 6.40. The summed E-state index contributed by atoms with van der Waals surface area (Å²) in [7, 11) is 0. The number of aliphatic carboxylic acids is 1. The molecule has 0 saturated heterocycles. The van der Waals surface area contributed by atoms with E-state index in [9.17, 15) is 9.59 Å². The third kappa shape index (κ3) is 5.50. The summed E-state index contributed by atoms with van der Waals surface area (Å²) in [5, 5.41) is 12.1. The van der Waals surface area contributed by atoms with Gasteiger partial charge in [0.1, 0.15) is 12.6 Å². The van der Waals surface area contributed by atoms with Crippen molar-refractivity contribution in [2.24, 2.45) is 0 Å². The SMILES string of the molecule is C=CCOC(=O)NC(Cc1cc(Cl)cc(Cl)c1)C(=O)O. The van der Waals surface area contributed by atoms with Crippen molar-refractivity contribution in [3.8, 4) is 0 Å². The van der Waals surface area contributed by atoms with Crippen molar-refractivity contribution in [1.29, 1.82) is 0 Å².